The maximum Gasteiger partial charge on any atom is 0.269 e. The molecule has 0 aliphatic carbocycles. The second-order valence-corrected chi connectivity index (χ2v) is 6.09. The summed E-state index contributed by atoms with van der Waals surface area (Å²) in [6.07, 6.45) is 0.935. The third-order valence-electron chi connectivity index (χ3n) is 4.15. The van der Waals surface area contributed by atoms with E-state index in [-0.39, 0.29) is 24.1 Å². The molecule has 1 amide bonds. The molecule has 0 bridgehead atoms. The van der Waals surface area contributed by atoms with Crippen molar-refractivity contribution in [3.63, 3.8) is 0 Å². The van der Waals surface area contributed by atoms with Gasteiger partial charge in [0.05, 0.1) is 17.9 Å². The molecule has 1 unspecified atom stereocenters. The average molecular weight is 341 g/mol. The summed E-state index contributed by atoms with van der Waals surface area (Å²) in [6, 6.07) is 11.7. The van der Waals surface area contributed by atoms with Gasteiger partial charge in [-0.25, -0.2) is 4.98 Å². The summed E-state index contributed by atoms with van der Waals surface area (Å²) in [5.41, 5.74) is 1.68. The summed E-state index contributed by atoms with van der Waals surface area (Å²) >= 11 is 0. The third kappa shape index (κ3) is 4.32. The van der Waals surface area contributed by atoms with Crippen LogP contribution < -0.4 is 4.74 Å². The van der Waals surface area contributed by atoms with Crippen molar-refractivity contribution < 1.29 is 14.5 Å². The van der Waals surface area contributed by atoms with E-state index in [0.29, 0.717) is 19.0 Å². The van der Waals surface area contributed by atoms with Crippen LogP contribution in [0.5, 0.6) is 5.88 Å². The van der Waals surface area contributed by atoms with Crippen LogP contribution >= 0.6 is 0 Å². The van der Waals surface area contributed by atoms with Gasteiger partial charge < -0.3 is 9.64 Å². The van der Waals surface area contributed by atoms with Crippen molar-refractivity contribution in [2.45, 2.75) is 25.9 Å². The van der Waals surface area contributed by atoms with Crippen LogP contribution in [0.1, 0.15) is 17.7 Å². The minimum atomic E-state index is -0.451. The van der Waals surface area contributed by atoms with Crippen molar-refractivity contribution in [2.75, 3.05) is 13.1 Å². The zero-order chi connectivity index (χ0) is 17.8. The Morgan fingerprint density at radius 3 is 2.76 bits per heavy atom. The van der Waals surface area contributed by atoms with E-state index in [1.807, 2.05) is 25.1 Å². The molecule has 1 aliphatic rings. The SMILES string of the molecule is Cc1cccc(OC2CCN(C(=O)Cc3ccc([N+](=O)[O-])cc3)C2)n1. The van der Waals surface area contributed by atoms with Gasteiger partial charge in [-0.05, 0) is 18.6 Å². The Morgan fingerprint density at radius 2 is 2.08 bits per heavy atom. The van der Waals surface area contributed by atoms with E-state index in [1.165, 1.54) is 12.1 Å². The van der Waals surface area contributed by atoms with Crippen molar-refractivity contribution in [1.29, 1.82) is 0 Å². The zero-order valence-corrected chi connectivity index (χ0v) is 13.9. The normalized spacial score (nSPS) is 16.7. The molecule has 7 nitrogen and oxygen atoms in total. The first-order valence-corrected chi connectivity index (χ1v) is 8.12. The Labute approximate surface area is 145 Å². The fourth-order valence-electron chi connectivity index (χ4n) is 2.83. The van der Waals surface area contributed by atoms with Crippen LogP contribution in [-0.2, 0) is 11.2 Å². The zero-order valence-electron chi connectivity index (χ0n) is 13.9. The van der Waals surface area contributed by atoms with Gasteiger partial charge in [0, 0.05) is 36.9 Å². The number of hydrogen-bond acceptors (Lipinski definition) is 5. The number of rotatable bonds is 5. The van der Waals surface area contributed by atoms with Crippen molar-refractivity contribution >= 4 is 11.6 Å². The van der Waals surface area contributed by atoms with Gasteiger partial charge in [-0.2, -0.15) is 0 Å². The maximum atomic E-state index is 12.4. The Morgan fingerprint density at radius 1 is 1.32 bits per heavy atom. The fourth-order valence-corrected chi connectivity index (χ4v) is 2.83. The highest BCUT2D eigenvalue weighted by Crippen LogP contribution is 2.19. The number of amides is 1. The molecule has 1 saturated heterocycles. The van der Waals surface area contributed by atoms with Crippen molar-refractivity contribution in [3.05, 3.63) is 63.8 Å². The van der Waals surface area contributed by atoms with Gasteiger partial charge in [0.1, 0.15) is 6.10 Å². The van der Waals surface area contributed by atoms with E-state index >= 15 is 0 Å². The number of nitro groups is 1. The molecule has 3 rings (SSSR count). The minimum Gasteiger partial charge on any atom is -0.472 e. The highest BCUT2D eigenvalue weighted by Gasteiger charge is 2.27. The Balaban J connectivity index is 1.54. The quantitative estimate of drug-likeness (QED) is 0.616. The molecular formula is C18H19N3O4. The molecule has 1 aliphatic heterocycles. The first kappa shape index (κ1) is 16.9. The Hall–Kier alpha value is -2.96. The van der Waals surface area contributed by atoms with E-state index in [4.69, 9.17) is 4.74 Å². The van der Waals surface area contributed by atoms with Gasteiger partial charge in [0.2, 0.25) is 11.8 Å². The molecule has 7 heteroatoms. The first-order chi connectivity index (χ1) is 12.0. The predicted molar refractivity (Wildman–Crippen MR) is 91.4 cm³/mol. The monoisotopic (exact) mass is 341 g/mol. The third-order valence-corrected chi connectivity index (χ3v) is 4.15. The number of benzene rings is 1. The van der Waals surface area contributed by atoms with Gasteiger partial charge in [0.25, 0.3) is 5.69 Å². The number of carbonyl (C=O) groups excluding carboxylic acids is 1. The number of non-ortho nitro benzene ring substituents is 1. The van der Waals surface area contributed by atoms with E-state index in [1.54, 1.807) is 17.0 Å². The number of carbonyl (C=O) groups is 1. The minimum absolute atomic E-state index is 0.00263. The largest absolute Gasteiger partial charge is 0.472 e. The molecule has 130 valence electrons. The number of hydrogen-bond donors (Lipinski definition) is 0. The summed E-state index contributed by atoms with van der Waals surface area (Å²) < 4.78 is 5.85. The Bertz CT molecular complexity index is 776. The molecule has 1 aromatic carbocycles. The summed E-state index contributed by atoms with van der Waals surface area (Å²) in [5.74, 6) is 0.576. The molecular weight excluding hydrogens is 322 g/mol. The summed E-state index contributed by atoms with van der Waals surface area (Å²) in [5, 5.41) is 10.7. The van der Waals surface area contributed by atoms with Crippen LogP contribution in [0.3, 0.4) is 0 Å². The van der Waals surface area contributed by atoms with E-state index in [9.17, 15) is 14.9 Å². The molecule has 0 saturated carbocycles. The number of likely N-dealkylation sites (tertiary alicyclic amines) is 1. The first-order valence-electron chi connectivity index (χ1n) is 8.12. The van der Waals surface area contributed by atoms with Gasteiger partial charge in [-0.3, -0.25) is 14.9 Å². The lowest BCUT2D eigenvalue weighted by Crippen LogP contribution is -2.32. The summed E-state index contributed by atoms with van der Waals surface area (Å²) in [6.45, 7) is 3.07. The second-order valence-electron chi connectivity index (χ2n) is 6.09. The van der Waals surface area contributed by atoms with Crippen LogP contribution in [0.25, 0.3) is 0 Å². The lowest BCUT2D eigenvalue weighted by atomic mass is 10.1. The van der Waals surface area contributed by atoms with Gasteiger partial charge in [-0.15, -0.1) is 0 Å². The predicted octanol–water partition coefficient (Wildman–Crippen LogP) is 2.52. The number of nitrogens with zero attached hydrogens (tertiary/aromatic N) is 3. The maximum absolute atomic E-state index is 12.4. The molecule has 25 heavy (non-hydrogen) atoms. The lowest BCUT2D eigenvalue weighted by molar-refractivity contribution is -0.384. The van der Waals surface area contributed by atoms with Crippen molar-refractivity contribution in [2.24, 2.45) is 0 Å². The average Bonchev–Trinajstić information content (AvgIpc) is 3.04. The van der Waals surface area contributed by atoms with Gasteiger partial charge in [-0.1, -0.05) is 18.2 Å². The molecule has 1 fully saturated rings. The molecule has 0 radical (unpaired) electrons. The molecule has 2 heterocycles. The number of aromatic nitrogens is 1. The van der Waals surface area contributed by atoms with E-state index < -0.39 is 4.92 Å². The van der Waals surface area contributed by atoms with Crippen LogP contribution in [0, 0.1) is 17.0 Å². The lowest BCUT2D eigenvalue weighted by Gasteiger charge is -2.17. The molecule has 1 atom stereocenters. The van der Waals surface area contributed by atoms with Gasteiger partial charge in [0.15, 0.2) is 0 Å². The summed E-state index contributed by atoms with van der Waals surface area (Å²) in [7, 11) is 0. The molecule has 1 aromatic heterocycles. The number of ether oxygens (including phenoxy) is 1. The molecule has 0 N–H and O–H groups in total. The highest BCUT2D eigenvalue weighted by molar-refractivity contribution is 5.79. The standard InChI is InChI=1S/C18H19N3O4/c1-13-3-2-4-17(19-13)25-16-9-10-20(12-16)18(22)11-14-5-7-15(8-6-14)21(23)24/h2-8,16H,9-12H2,1H3. The van der Waals surface area contributed by atoms with Crippen LogP contribution in [0.4, 0.5) is 5.69 Å². The second kappa shape index (κ2) is 7.29. The van der Waals surface area contributed by atoms with Gasteiger partial charge >= 0.3 is 0 Å². The van der Waals surface area contributed by atoms with Crippen LogP contribution in [0.2, 0.25) is 0 Å². The number of nitro benzene ring substituents is 1. The molecule has 0 spiro atoms. The molecule has 2 aromatic rings. The number of pyridine rings is 1. The van der Waals surface area contributed by atoms with Crippen molar-refractivity contribution in [1.82, 2.24) is 9.88 Å². The number of aryl methyl sites for hydroxylation is 1. The smallest absolute Gasteiger partial charge is 0.269 e. The van der Waals surface area contributed by atoms with E-state index in [2.05, 4.69) is 4.98 Å². The fraction of sp³-hybridized carbons (Fsp3) is 0.333. The Kier molecular flexibility index (Phi) is 4.92. The van der Waals surface area contributed by atoms with E-state index in [0.717, 1.165) is 17.7 Å². The van der Waals surface area contributed by atoms with Crippen LogP contribution in [0.15, 0.2) is 42.5 Å². The highest BCUT2D eigenvalue weighted by atomic mass is 16.6. The topological polar surface area (TPSA) is 85.6 Å². The van der Waals surface area contributed by atoms with Crippen LogP contribution in [-0.4, -0.2) is 39.9 Å². The summed E-state index contributed by atoms with van der Waals surface area (Å²) in [4.78, 5) is 28.7. The van der Waals surface area contributed by atoms with Crippen molar-refractivity contribution in [3.8, 4) is 5.88 Å².